The number of benzene rings is 1. The molecule has 7 heteroatoms. The van der Waals surface area contributed by atoms with E-state index in [1.54, 1.807) is 18.2 Å². The van der Waals surface area contributed by atoms with Crippen LogP contribution < -0.4 is 10.6 Å². The highest BCUT2D eigenvalue weighted by Gasteiger charge is 2.40. The molecule has 0 unspecified atom stereocenters. The van der Waals surface area contributed by atoms with Crippen molar-refractivity contribution in [1.29, 1.82) is 0 Å². The fraction of sp³-hybridized carbons (Fsp3) is 0.632. The van der Waals surface area contributed by atoms with Crippen LogP contribution in [0.15, 0.2) is 23.1 Å². The molecular weight excluding hydrogens is 350 g/mol. The van der Waals surface area contributed by atoms with E-state index < -0.39 is 10.0 Å². The molecule has 26 heavy (non-hydrogen) atoms. The first-order valence-corrected chi connectivity index (χ1v) is 10.9. The summed E-state index contributed by atoms with van der Waals surface area (Å²) in [6.45, 7) is 2.65. The second-order valence-corrected chi connectivity index (χ2v) is 9.86. The first-order chi connectivity index (χ1) is 12.3. The van der Waals surface area contributed by atoms with Crippen LogP contribution >= 0.6 is 0 Å². The lowest BCUT2D eigenvalue weighted by molar-refractivity contribution is -0.117. The minimum atomic E-state index is -3.54. The van der Waals surface area contributed by atoms with Crippen molar-refractivity contribution in [1.82, 2.24) is 4.31 Å². The molecule has 0 aromatic heterocycles. The van der Waals surface area contributed by atoms with E-state index in [-0.39, 0.29) is 10.8 Å². The normalized spacial score (nSPS) is 24.8. The molecule has 0 spiro atoms. The van der Waals surface area contributed by atoms with Crippen LogP contribution in [0.5, 0.6) is 0 Å². The monoisotopic (exact) mass is 379 g/mol. The second-order valence-electron chi connectivity index (χ2n) is 7.71. The van der Waals surface area contributed by atoms with E-state index in [4.69, 9.17) is 0 Å². The van der Waals surface area contributed by atoms with Crippen LogP contribution in [0.2, 0.25) is 0 Å². The number of fused-ring (bicyclic) bond motifs is 2. The first-order valence-electron chi connectivity index (χ1n) is 9.41. The molecule has 2 aliphatic carbocycles. The van der Waals surface area contributed by atoms with Gasteiger partial charge in [-0.05, 0) is 62.1 Å². The lowest BCUT2D eigenvalue weighted by Gasteiger charge is -2.21. The van der Waals surface area contributed by atoms with E-state index in [2.05, 4.69) is 10.6 Å². The smallest absolute Gasteiger partial charge is 0.242 e. The van der Waals surface area contributed by atoms with E-state index in [1.807, 2.05) is 6.92 Å². The summed E-state index contributed by atoms with van der Waals surface area (Å²) in [4.78, 5) is 12.8. The van der Waals surface area contributed by atoms with Crippen molar-refractivity contribution in [3.63, 3.8) is 0 Å². The van der Waals surface area contributed by atoms with E-state index in [9.17, 15) is 13.2 Å². The molecule has 1 aromatic rings. The maximum Gasteiger partial charge on any atom is 0.242 e. The fourth-order valence-corrected chi connectivity index (χ4v) is 5.34. The highest BCUT2D eigenvalue weighted by molar-refractivity contribution is 7.89. The van der Waals surface area contributed by atoms with Crippen molar-refractivity contribution in [3.8, 4) is 0 Å². The zero-order valence-electron chi connectivity index (χ0n) is 15.8. The van der Waals surface area contributed by atoms with Crippen LogP contribution in [0.1, 0.15) is 39.0 Å². The molecule has 2 aliphatic rings. The molecule has 1 amide bonds. The predicted molar refractivity (Wildman–Crippen MR) is 104 cm³/mol. The molecule has 0 radical (unpaired) electrons. The molecular formula is C19H29N3O3S. The molecule has 2 N–H and O–H groups in total. The van der Waals surface area contributed by atoms with Gasteiger partial charge < -0.3 is 10.6 Å². The Morgan fingerprint density at radius 3 is 2.54 bits per heavy atom. The number of nitrogens with one attached hydrogen (secondary N) is 2. The number of amides is 1. The van der Waals surface area contributed by atoms with Gasteiger partial charge in [0.1, 0.15) is 0 Å². The van der Waals surface area contributed by atoms with Crippen LogP contribution in [0.4, 0.5) is 11.4 Å². The number of hydrogen-bond donors (Lipinski definition) is 2. The van der Waals surface area contributed by atoms with Gasteiger partial charge in [-0.1, -0.05) is 6.42 Å². The number of sulfonamides is 1. The summed E-state index contributed by atoms with van der Waals surface area (Å²) >= 11 is 0. The van der Waals surface area contributed by atoms with Gasteiger partial charge in [0.15, 0.2) is 0 Å². The second kappa shape index (κ2) is 7.56. The van der Waals surface area contributed by atoms with E-state index in [1.165, 1.54) is 37.7 Å². The topological polar surface area (TPSA) is 78.5 Å². The number of carbonyl (C=O) groups is 1. The number of carbonyl (C=O) groups excluding carboxylic acids is 1. The molecule has 0 saturated heterocycles. The van der Waals surface area contributed by atoms with Crippen molar-refractivity contribution < 1.29 is 13.2 Å². The number of hydrogen-bond acceptors (Lipinski definition) is 4. The third kappa shape index (κ3) is 3.88. The summed E-state index contributed by atoms with van der Waals surface area (Å²) in [6.07, 6.45) is 5.53. The minimum absolute atomic E-state index is 0.0268. The quantitative estimate of drug-likeness (QED) is 0.763. The van der Waals surface area contributed by atoms with Gasteiger partial charge in [-0.3, -0.25) is 4.79 Å². The van der Waals surface area contributed by atoms with Gasteiger partial charge >= 0.3 is 0 Å². The SMILES string of the molecule is CCNc1ccc(S(=O)(=O)N(C)C)cc1NC(=O)C[C@@H]1C[C@H]2CC[C@H]1C2. The summed E-state index contributed by atoms with van der Waals surface area (Å²) in [6, 6.07) is 4.83. The summed E-state index contributed by atoms with van der Waals surface area (Å²) in [5, 5.41) is 6.14. The summed E-state index contributed by atoms with van der Waals surface area (Å²) in [5.41, 5.74) is 1.27. The molecule has 1 aromatic carbocycles. The van der Waals surface area contributed by atoms with Crippen molar-refractivity contribution >= 4 is 27.3 Å². The molecule has 0 heterocycles. The van der Waals surface area contributed by atoms with Crippen molar-refractivity contribution in [3.05, 3.63) is 18.2 Å². The average molecular weight is 380 g/mol. The van der Waals surface area contributed by atoms with Crippen molar-refractivity contribution in [2.24, 2.45) is 17.8 Å². The number of rotatable bonds is 7. The summed E-state index contributed by atoms with van der Waals surface area (Å²) in [7, 11) is -0.540. The zero-order valence-corrected chi connectivity index (χ0v) is 16.6. The largest absolute Gasteiger partial charge is 0.384 e. The van der Waals surface area contributed by atoms with Gasteiger partial charge in [-0.25, -0.2) is 12.7 Å². The minimum Gasteiger partial charge on any atom is -0.384 e. The van der Waals surface area contributed by atoms with Gasteiger partial charge in [-0.2, -0.15) is 0 Å². The highest BCUT2D eigenvalue weighted by atomic mass is 32.2. The molecule has 0 aliphatic heterocycles. The van der Waals surface area contributed by atoms with Gasteiger partial charge in [-0.15, -0.1) is 0 Å². The Balaban J connectivity index is 1.77. The first kappa shape index (κ1) is 19.2. The third-order valence-corrected chi connectivity index (χ3v) is 7.55. The zero-order chi connectivity index (χ0) is 18.9. The molecule has 6 nitrogen and oxygen atoms in total. The molecule has 2 saturated carbocycles. The Kier molecular flexibility index (Phi) is 5.58. The maximum absolute atomic E-state index is 12.6. The van der Waals surface area contributed by atoms with Crippen LogP contribution in [0.25, 0.3) is 0 Å². The molecule has 3 atom stereocenters. The van der Waals surface area contributed by atoms with Crippen LogP contribution in [0, 0.1) is 17.8 Å². The number of nitrogens with zero attached hydrogens (tertiary/aromatic N) is 1. The van der Waals surface area contributed by atoms with Gasteiger partial charge in [0.2, 0.25) is 15.9 Å². The fourth-order valence-electron chi connectivity index (χ4n) is 4.41. The Labute approximate surface area is 156 Å². The lowest BCUT2D eigenvalue weighted by Crippen LogP contribution is -2.23. The standard InChI is InChI=1S/C19H29N3O3S/c1-4-20-17-8-7-16(26(24,25)22(2)3)12-18(17)21-19(23)11-15-10-13-5-6-14(15)9-13/h7-8,12-15,20H,4-6,9-11H2,1-3H3,(H,21,23)/t13-,14-,15-/m0/s1. The molecule has 144 valence electrons. The lowest BCUT2D eigenvalue weighted by atomic mass is 9.86. The molecule has 2 bridgehead atoms. The Bertz CT molecular complexity index is 776. The Morgan fingerprint density at radius 1 is 1.19 bits per heavy atom. The van der Waals surface area contributed by atoms with E-state index >= 15 is 0 Å². The van der Waals surface area contributed by atoms with Gasteiger partial charge in [0, 0.05) is 27.1 Å². The average Bonchev–Trinajstić information content (AvgIpc) is 3.19. The number of anilines is 2. The predicted octanol–water partition coefficient (Wildman–Crippen LogP) is 3.13. The van der Waals surface area contributed by atoms with E-state index in [0.717, 1.165) is 18.0 Å². The molecule has 3 rings (SSSR count). The van der Waals surface area contributed by atoms with Crippen LogP contribution in [0.3, 0.4) is 0 Å². The van der Waals surface area contributed by atoms with Crippen LogP contribution in [-0.2, 0) is 14.8 Å². The maximum atomic E-state index is 12.6. The molecule has 2 fully saturated rings. The summed E-state index contributed by atoms with van der Waals surface area (Å²) < 4.78 is 26.0. The highest BCUT2D eigenvalue weighted by Crippen LogP contribution is 2.49. The van der Waals surface area contributed by atoms with Gasteiger partial charge in [0.05, 0.1) is 16.3 Å². The van der Waals surface area contributed by atoms with Crippen LogP contribution in [-0.4, -0.2) is 39.3 Å². The van der Waals surface area contributed by atoms with Crippen molar-refractivity contribution in [2.75, 3.05) is 31.3 Å². The van der Waals surface area contributed by atoms with E-state index in [0.29, 0.717) is 30.5 Å². The van der Waals surface area contributed by atoms with Crippen molar-refractivity contribution in [2.45, 2.75) is 43.9 Å². The van der Waals surface area contributed by atoms with Gasteiger partial charge in [0.25, 0.3) is 0 Å². The third-order valence-electron chi connectivity index (χ3n) is 5.74. The summed E-state index contributed by atoms with van der Waals surface area (Å²) in [5.74, 6) is 1.95. The Hall–Kier alpha value is -1.60. The Morgan fingerprint density at radius 2 is 1.96 bits per heavy atom.